The van der Waals surface area contributed by atoms with Crippen LogP contribution >= 0.6 is 11.3 Å². The maximum absolute atomic E-state index is 12.5. The van der Waals surface area contributed by atoms with Crippen molar-refractivity contribution < 1.29 is 21.6 Å². The molecular weight excluding hydrogens is 384 g/mol. The Morgan fingerprint density at radius 2 is 1.96 bits per heavy atom. The summed E-state index contributed by atoms with van der Waals surface area (Å²) in [5.74, 6) is 0.100. The van der Waals surface area contributed by atoms with E-state index in [9.17, 15) is 16.8 Å². The highest BCUT2D eigenvalue weighted by Crippen LogP contribution is 2.21. The van der Waals surface area contributed by atoms with Crippen molar-refractivity contribution >= 4 is 31.4 Å². The smallest absolute Gasteiger partial charge is 0.250 e. The van der Waals surface area contributed by atoms with Gasteiger partial charge in [-0.2, -0.15) is 0 Å². The van der Waals surface area contributed by atoms with E-state index in [0.29, 0.717) is 36.6 Å². The van der Waals surface area contributed by atoms with Gasteiger partial charge in [0.15, 0.2) is 0 Å². The van der Waals surface area contributed by atoms with E-state index in [0.717, 1.165) is 19.4 Å². The molecule has 3 rings (SSSR count). The molecule has 2 aliphatic heterocycles. The minimum atomic E-state index is -3.51. The van der Waals surface area contributed by atoms with E-state index in [1.807, 2.05) is 0 Å². The largest absolute Gasteiger partial charge is 0.378 e. The van der Waals surface area contributed by atoms with Gasteiger partial charge in [0.05, 0.1) is 11.9 Å². The van der Waals surface area contributed by atoms with Crippen LogP contribution in [0.25, 0.3) is 0 Å². The molecule has 2 aliphatic rings. The van der Waals surface area contributed by atoms with Gasteiger partial charge in [-0.05, 0) is 43.6 Å². The lowest BCUT2D eigenvalue weighted by Gasteiger charge is -2.31. The first-order valence-electron chi connectivity index (χ1n) is 8.52. The number of nitrogens with zero attached hydrogens (tertiary/aromatic N) is 1. The lowest BCUT2D eigenvalue weighted by molar-refractivity contribution is 0.108. The number of thiophene rings is 1. The Labute approximate surface area is 153 Å². The molecule has 0 amide bonds. The Kier molecular flexibility index (Phi) is 6.17. The van der Waals surface area contributed by atoms with Crippen molar-refractivity contribution in [2.75, 3.05) is 25.4 Å². The normalized spacial score (nSPS) is 23.9. The molecule has 2 fully saturated rings. The third kappa shape index (κ3) is 5.01. The topological polar surface area (TPSA) is 92.8 Å². The Morgan fingerprint density at radius 1 is 1.20 bits per heavy atom. The molecule has 142 valence electrons. The van der Waals surface area contributed by atoms with Crippen LogP contribution in [0.2, 0.25) is 0 Å². The fourth-order valence-electron chi connectivity index (χ4n) is 3.23. The first-order valence-corrected chi connectivity index (χ1v) is 12.5. The molecule has 2 saturated heterocycles. The number of ether oxygens (including phenoxy) is 1. The van der Waals surface area contributed by atoms with Gasteiger partial charge in [-0.25, -0.2) is 25.9 Å². The summed E-state index contributed by atoms with van der Waals surface area (Å²) >= 11 is 1.17. The highest BCUT2D eigenvalue weighted by atomic mass is 32.2. The van der Waals surface area contributed by atoms with Crippen LogP contribution in [0.4, 0.5) is 0 Å². The van der Waals surface area contributed by atoms with Gasteiger partial charge in [0.25, 0.3) is 0 Å². The molecule has 0 spiro atoms. The molecular formula is C15H24N2O5S3. The van der Waals surface area contributed by atoms with Crippen LogP contribution in [0.5, 0.6) is 0 Å². The third-order valence-electron chi connectivity index (χ3n) is 4.65. The molecule has 0 saturated carbocycles. The monoisotopic (exact) mass is 408 g/mol. The summed E-state index contributed by atoms with van der Waals surface area (Å²) in [5, 5.41) is 1.72. The van der Waals surface area contributed by atoms with Crippen LogP contribution in [0.3, 0.4) is 0 Å². The number of piperidine rings is 1. The Hall–Kier alpha value is -0.520. The molecule has 0 aromatic carbocycles. The van der Waals surface area contributed by atoms with Crippen molar-refractivity contribution in [2.24, 2.45) is 0 Å². The molecule has 0 radical (unpaired) electrons. The van der Waals surface area contributed by atoms with Gasteiger partial charge in [-0.3, -0.25) is 0 Å². The molecule has 10 heteroatoms. The lowest BCUT2D eigenvalue weighted by Crippen LogP contribution is -2.47. The summed E-state index contributed by atoms with van der Waals surface area (Å²) in [6.45, 7) is 1.43. The van der Waals surface area contributed by atoms with Crippen LogP contribution in [0.15, 0.2) is 21.7 Å². The molecule has 0 aliphatic carbocycles. The van der Waals surface area contributed by atoms with Crippen molar-refractivity contribution in [1.82, 2.24) is 9.03 Å². The van der Waals surface area contributed by atoms with E-state index in [1.54, 1.807) is 17.5 Å². The summed E-state index contributed by atoms with van der Waals surface area (Å²) in [6, 6.07) is 3.04. The maximum Gasteiger partial charge on any atom is 0.250 e. The van der Waals surface area contributed by atoms with E-state index < -0.39 is 20.0 Å². The van der Waals surface area contributed by atoms with Gasteiger partial charge >= 0.3 is 0 Å². The second-order valence-corrected chi connectivity index (χ2v) is 11.4. The molecule has 7 nitrogen and oxygen atoms in total. The molecule has 25 heavy (non-hydrogen) atoms. The van der Waals surface area contributed by atoms with E-state index in [-0.39, 0.29) is 17.9 Å². The summed E-state index contributed by atoms with van der Waals surface area (Å²) in [4.78, 5) is 0. The second kappa shape index (κ2) is 8.01. The third-order valence-corrected chi connectivity index (χ3v) is 9.47. The average Bonchev–Trinajstić information content (AvgIpc) is 3.27. The number of hydrogen-bond acceptors (Lipinski definition) is 6. The summed E-state index contributed by atoms with van der Waals surface area (Å²) in [7, 11) is -6.81. The second-order valence-electron chi connectivity index (χ2n) is 6.47. The highest BCUT2D eigenvalue weighted by Gasteiger charge is 2.31. The summed E-state index contributed by atoms with van der Waals surface area (Å²) < 4.78 is 59.3. The quantitative estimate of drug-likeness (QED) is 0.736. The van der Waals surface area contributed by atoms with E-state index in [1.165, 1.54) is 15.6 Å². The van der Waals surface area contributed by atoms with Crippen molar-refractivity contribution in [3.8, 4) is 0 Å². The fourth-order valence-corrected chi connectivity index (χ4v) is 7.13. The average molecular weight is 409 g/mol. The maximum atomic E-state index is 12.5. The Bertz CT molecular complexity index is 747. The van der Waals surface area contributed by atoms with Gasteiger partial charge in [0.1, 0.15) is 4.21 Å². The molecule has 1 N–H and O–H groups in total. The van der Waals surface area contributed by atoms with E-state index in [4.69, 9.17) is 4.74 Å². The van der Waals surface area contributed by atoms with E-state index in [2.05, 4.69) is 4.72 Å². The fraction of sp³-hybridized carbons (Fsp3) is 0.733. The zero-order chi connectivity index (χ0) is 17.9. The van der Waals surface area contributed by atoms with Gasteiger partial charge in [0.2, 0.25) is 20.0 Å². The van der Waals surface area contributed by atoms with Crippen LogP contribution < -0.4 is 4.72 Å². The van der Waals surface area contributed by atoms with Crippen LogP contribution in [-0.2, 0) is 24.8 Å². The standard InChI is InChI=1S/C15H24N2O5S3/c18-24(19,12-7-14-3-1-10-22-14)17-8-5-13(6-9-17)16-25(20,21)15-4-2-11-23-15/h2,4,11,13-14,16H,1,3,5-10,12H2/t14-/m0/s1. The van der Waals surface area contributed by atoms with Crippen molar-refractivity contribution in [2.45, 2.75) is 48.5 Å². The number of nitrogens with one attached hydrogen (secondary N) is 1. The van der Waals surface area contributed by atoms with Crippen molar-refractivity contribution in [3.05, 3.63) is 17.5 Å². The molecule has 1 atom stereocenters. The van der Waals surface area contributed by atoms with Gasteiger partial charge in [-0.15, -0.1) is 11.3 Å². The van der Waals surface area contributed by atoms with Gasteiger partial charge < -0.3 is 4.74 Å². The van der Waals surface area contributed by atoms with Crippen LogP contribution in [-0.4, -0.2) is 58.7 Å². The number of rotatable bonds is 7. The first-order chi connectivity index (χ1) is 11.9. The summed E-state index contributed by atoms with van der Waals surface area (Å²) in [6.07, 6.45) is 3.51. The summed E-state index contributed by atoms with van der Waals surface area (Å²) in [5.41, 5.74) is 0. The predicted molar refractivity (Wildman–Crippen MR) is 96.6 cm³/mol. The molecule has 1 aromatic heterocycles. The predicted octanol–water partition coefficient (Wildman–Crippen LogP) is 1.39. The van der Waals surface area contributed by atoms with Gasteiger partial charge in [0, 0.05) is 25.7 Å². The number of sulfonamides is 2. The van der Waals surface area contributed by atoms with Crippen molar-refractivity contribution in [1.29, 1.82) is 0 Å². The molecule has 1 aromatic rings. The zero-order valence-electron chi connectivity index (χ0n) is 14.0. The Morgan fingerprint density at radius 3 is 2.56 bits per heavy atom. The van der Waals surface area contributed by atoms with Gasteiger partial charge in [-0.1, -0.05) is 6.07 Å². The number of hydrogen-bond donors (Lipinski definition) is 1. The van der Waals surface area contributed by atoms with E-state index >= 15 is 0 Å². The molecule has 0 bridgehead atoms. The lowest BCUT2D eigenvalue weighted by atomic mass is 10.1. The minimum Gasteiger partial charge on any atom is -0.378 e. The zero-order valence-corrected chi connectivity index (χ0v) is 16.4. The SMILES string of the molecule is O=S(=O)(NC1CCN(S(=O)(=O)CC[C@@H]2CCCO2)CC1)c1cccs1. The van der Waals surface area contributed by atoms with Crippen LogP contribution in [0, 0.1) is 0 Å². The van der Waals surface area contributed by atoms with Crippen LogP contribution in [0.1, 0.15) is 32.1 Å². The Balaban J connectivity index is 1.49. The molecule has 0 unspecified atom stereocenters. The highest BCUT2D eigenvalue weighted by molar-refractivity contribution is 7.91. The first kappa shape index (κ1) is 19.2. The van der Waals surface area contributed by atoms with Crippen molar-refractivity contribution in [3.63, 3.8) is 0 Å². The minimum absolute atomic E-state index is 0.0601. The molecule has 3 heterocycles.